The van der Waals surface area contributed by atoms with E-state index in [1.807, 2.05) is 23.0 Å². The summed E-state index contributed by atoms with van der Waals surface area (Å²) >= 11 is 3.13. The molecule has 1 amide bonds. The Labute approximate surface area is 179 Å². The second-order valence-electron chi connectivity index (χ2n) is 6.33. The average molecular weight is 444 g/mol. The van der Waals surface area contributed by atoms with Crippen molar-refractivity contribution in [1.82, 2.24) is 4.57 Å². The van der Waals surface area contributed by atoms with Gasteiger partial charge in [0.15, 0.2) is 16.3 Å². The van der Waals surface area contributed by atoms with Crippen LogP contribution in [0, 0.1) is 10.1 Å². The maximum absolute atomic E-state index is 12.4. The van der Waals surface area contributed by atoms with Crippen molar-refractivity contribution >= 4 is 51.0 Å². The number of rotatable bonds is 6. The first kappa shape index (κ1) is 20.2. The van der Waals surface area contributed by atoms with E-state index >= 15 is 0 Å². The molecule has 8 nitrogen and oxygen atoms in total. The average Bonchev–Trinajstić information content (AvgIpc) is 3.32. The number of thiazole rings is 1. The van der Waals surface area contributed by atoms with Gasteiger partial charge in [0.2, 0.25) is 6.79 Å². The number of benzene rings is 2. The lowest BCUT2D eigenvalue weighted by Crippen LogP contribution is -2.17. The normalized spacial score (nSPS) is 13.4. The van der Waals surface area contributed by atoms with Crippen molar-refractivity contribution in [2.24, 2.45) is 4.99 Å². The number of hydrogen-bond acceptors (Lipinski definition) is 7. The topological polar surface area (TPSA) is 96.0 Å². The van der Waals surface area contributed by atoms with E-state index in [1.54, 1.807) is 30.0 Å². The Morgan fingerprint density at radius 2 is 2.03 bits per heavy atom. The van der Waals surface area contributed by atoms with Gasteiger partial charge >= 0.3 is 0 Å². The zero-order valence-corrected chi connectivity index (χ0v) is 17.6. The van der Waals surface area contributed by atoms with Crippen molar-refractivity contribution in [1.29, 1.82) is 0 Å². The third-order valence-electron chi connectivity index (χ3n) is 4.42. The first-order valence-corrected chi connectivity index (χ1v) is 11.2. The number of nitro groups is 1. The fourth-order valence-electron chi connectivity index (χ4n) is 2.95. The van der Waals surface area contributed by atoms with Crippen molar-refractivity contribution in [2.75, 3.05) is 18.8 Å². The number of nitro benzene ring substituents is 1. The Kier molecular flexibility index (Phi) is 5.86. The molecule has 0 aliphatic carbocycles. The summed E-state index contributed by atoms with van der Waals surface area (Å²) in [6.45, 7) is 0.916. The van der Waals surface area contributed by atoms with Crippen molar-refractivity contribution in [3.63, 3.8) is 0 Å². The van der Waals surface area contributed by atoms with E-state index in [0.29, 0.717) is 28.4 Å². The van der Waals surface area contributed by atoms with Crippen LogP contribution in [0.5, 0.6) is 11.5 Å². The maximum Gasteiger partial charge on any atom is 0.272 e. The van der Waals surface area contributed by atoms with Crippen LogP contribution in [-0.4, -0.2) is 34.2 Å². The highest BCUT2D eigenvalue weighted by Gasteiger charge is 2.17. The molecule has 10 heteroatoms. The lowest BCUT2D eigenvalue weighted by molar-refractivity contribution is -0.384. The molecule has 30 heavy (non-hydrogen) atoms. The van der Waals surface area contributed by atoms with Gasteiger partial charge in [0.25, 0.3) is 11.6 Å². The Hall–Kier alpha value is -3.11. The van der Waals surface area contributed by atoms with E-state index < -0.39 is 10.8 Å². The van der Waals surface area contributed by atoms with Crippen LogP contribution in [0.2, 0.25) is 0 Å². The molecule has 1 aliphatic heterocycles. The van der Waals surface area contributed by atoms with E-state index in [4.69, 9.17) is 9.47 Å². The molecule has 4 rings (SSSR count). The Morgan fingerprint density at radius 3 is 2.73 bits per heavy atom. The molecule has 0 radical (unpaired) electrons. The van der Waals surface area contributed by atoms with Gasteiger partial charge < -0.3 is 14.0 Å². The van der Waals surface area contributed by atoms with Crippen molar-refractivity contribution < 1.29 is 19.2 Å². The number of non-ortho nitro benzene ring substituents is 1. The molecule has 0 N–H and O–H groups in total. The van der Waals surface area contributed by atoms with Crippen molar-refractivity contribution in [3.8, 4) is 11.5 Å². The van der Waals surface area contributed by atoms with Crippen LogP contribution >= 0.6 is 23.1 Å². The Bertz CT molecular complexity index is 1210. The van der Waals surface area contributed by atoms with Gasteiger partial charge in [-0.15, -0.1) is 0 Å². The molecular formula is C20H17N3O5S2. The smallest absolute Gasteiger partial charge is 0.272 e. The summed E-state index contributed by atoms with van der Waals surface area (Å²) in [5.41, 5.74) is 1.63. The predicted octanol–water partition coefficient (Wildman–Crippen LogP) is 3.84. The first-order chi connectivity index (χ1) is 14.5. The molecular weight excluding hydrogens is 426 g/mol. The number of aromatic nitrogens is 1. The summed E-state index contributed by atoms with van der Waals surface area (Å²) in [7, 11) is 0. The predicted molar refractivity (Wildman–Crippen MR) is 117 cm³/mol. The van der Waals surface area contributed by atoms with Crippen LogP contribution in [-0.2, 0) is 11.3 Å². The first-order valence-electron chi connectivity index (χ1n) is 8.98. The number of nitrogens with zero attached hydrogens (tertiary/aromatic N) is 3. The fraction of sp³-hybridized carbons (Fsp3) is 0.200. The standard InChI is InChI=1S/C20H17N3O5S2/c1-29-9-8-22-15-10-16-17(28-12-27-16)11-18(15)30-20(22)21-19(24)7-4-13-2-5-14(6-3-13)23(25)26/h2-7,10-11H,8-9,12H2,1H3/b7-4+,21-20?. The zero-order chi connectivity index (χ0) is 21.1. The molecule has 0 saturated carbocycles. The summed E-state index contributed by atoms with van der Waals surface area (Å²) in [6.07, 6.45) is 4.97. The largest absolute Gasteiger partial charge is 0.454 e. The summed E-state index contributed by atoms with van der Waals surface area (Å²) in [4.78, 5) is 27.6. The molecule has 2 aromatic carbocycles. The molecule has 0 unspecified atom stereocenters. The van der Waals surface area contributed by atoms with E-state index in [2.05, 4.69) is 4.99 Å². The lowest BCUT2D eigenvalue weighted by atomic mass is 10.2. The van der Waals surface area contributed by atoms with Crippen LogP contribution in [0.25, 0.3) is 16.3 Å². The van der Waals surface area contributed by atoms with Gasteiger partial charge in [-0.3, -0.25) is 14.9 Å². The van der Waals surface area contributed by atoms with Crippen molar-refractivity contribution in [2.45, 2.75) is 6.54 Å². The summed E-state index contributed by atoms with van der Waals surface area (Å²) < 4.78 is 13.9. The van der Waals surface area contributed by atoms with Crippen molar-refractivity contribution in [3.05, 3.63) is 63.0 Å². The highest BCUT2D eigenvalue weighted by atomic mass is 32.2. The van der Waals surface area contributed by atoms with E-state index in [1.165, 1.54) is 29.5 Å². The third kappa shape index (κ3) is 4.24. The van der Waals surface area contributed by atoms with Gasteiger partial charge in [-0.1, -0.05) is 11.3 Å². The lowest BCUT2D eigenvalue weighted by Gasteiger charge is -2.04. The van der Waals surface area contributed by atoms with E-state index in [-0.39, 0.29) is 12.5 Å². The minimum absolute atomic E-state index is 0.00290. The van der Waals surface area contributed by atoms with Crippen LogP contribution in [0.15, 0.2) is 47.5 Å². The summed E-state index contributed by atoms with van der Waals surface area (Å²) in [5.74, 6) is 1.85. The van der Waals surface area contributed by atoms with E-state index in [9.17, 15) is 14.9 Å². The van der Waals surface area contributed by atoms with Crippen LogP contribution in [0.3, 0.4) is 0 Å². The number of carbonyl (C=O) groups excluding carboxylic acids is 1. The highest BCUT2D eigenvalue weighted by Crippen LogP contribution is 2.37. The van der Waals surface area contributed by atoms with Crippen LogP contribution < -0.4 is 14.3 Å². The number of fused-ring (bicyclic) bond motifs is 2. The molecule has 0 atom stereocenters. The monoisotopic (exact) mass is 443 g/mol. The number of thioether (sulfide) groups is 1. The van der Waals surface area contributed by atoms with Gasteiger partial charge in [0, 0.05) is 42.6 Å². The molecule has 1 aliphatic rings. The molecule has 0 bridgehead atoms. The highest BCUT2D eigenvalue weighted by molar-refractivity contribution is 7.98. The third-order valence-corrected chi connectivity index (χ3v) is 6.06. The fourth-order valence-corrected chi connectivity index (χ4v) is 4.39. The maximum atomic E-state index is 12.4. The Morgan fingerprint density at radius 1 is 1.30 bits per heavy atom. The number of aryl methyl sites for hydroxylation is 1. The van der Waals surface area contributed by atoms with E-state index in [0.717, 1.165) is 16.0 Å². The number of ether oxygens (including phenoxy) is 2. The number of carbonyl (C=O) groups is 1. The summed E-state index contributed by atoms with van der Waals surface area (Å²) in [5, 5.41) is 10.7. The molecule has 0 fully saturated rings. The second kappa shape index (κ2) is 8.72. The molecule has 1 aromatic heterocycles. The minimum atomic E-state index is -0.464. The molecule has 3 aromatic rings. The Balaban J connectivity index is 1.65. The molecule has 2 heterocycles. The van der Waals surface area contributed by atoms with Gasteiger partial charge in [-0.2, -0.15) is 16.8 Å². The SMILES string of the molecule is CSCCn1c(=NC(=O)/C=C/c2ccc([N+](=O)[O-])cc2)sc2cc3c(cc21)OCO3. The minimum Gasteiger partial charge on any atom is -0.454 e. The molecule has 0 saturated heterocycles. The van der Waals surface area contributed by atoms with Gasteiger partial charge in [-0.05, 0) is 30.0 Å². The van der Waals surface area contributed by atoms with Gasteiger partial charge in [0.1, 0.15) is 0 Å². The second-order valence-corrected chi connectivity index (χ2v) is 8.33. The molecule has 154 valence electrons. The molecule has 0 spiro atoms. The quantitative estimate of drug-likeness (QED) is 0.326. The van der Waals surface area contributed by atoms with Crippen LogP contribution in [0.4, 0.5) is 5.69 Å². The van der Waals surface area contributed by atoms with Gasteiger partial charge in [-0.25, -0.2) is 0 Å². The van der Waals surface area contributed by atoms with Crippen LogP contribution in [0.1, 0.15) is 5.56 Å². The number of hydrogen-bond donors (Lipinski definition) is 0. The zero-order valence-electron chi connectivity index (χ0n) is 15.9. The summed E-state index contributed by atoms with van der Waals surface area (Å²) in [6, 6.07) is 9.79. The van der Waals surface area contributed by atoms with Gasteiger partial charge in [0.05, 0.1) is 15.1 Å². The number of amides is 1.